The number of hydrogen-bond acceptors (Lipinski definition) is 3. The van der Waals surface area contributed by atoms with Gasteiger partial charge in [0, 0.05) is 11.3 Å². The summed E-state index contributed by atoms with van der Waals surface area (Å²) in [6, 6.07) is 0. The summed E-state index contributed by atoms with van der Waals surface area (Å²) in [5.74, 6) is -0.949. The summed E-state index contributed by atoms with van der Waals surface area (Å²) in [6.07, 6.45) is 4.01. The van der Waals surface area contributed by atoms with Gasteiger partial charge < -0.3 is 5.11 Å². The molecular weight excluding hydrogens is 156 g/mol. The van der Waals surface area contributed by atoms with Crippen LogP contribution in [0.15, 0.2) is 6.33 Å². The molecule has 0 unspecified atom stereocenters. The van der Waals surface area contributed by atoms with Crippen molar-refractivity contribution < 1.29 is 9.90 Å². The van der Waals surface area contributed by atoms with Gasteiger partial charge in [0.05, 0.1) is 0 Å². The third kappa shape index (κ3) is 0.958. The molecule has 0 bridgehead atoms. The molecule has 1 N–H and O–H groups in total. The van der Waals surface area contributed by atoms with E-state index >= 15 is 0 Å². The molecule has 2 rings (SSSR count). The summed E-state index contributed by atoms with van der Waals surface area (Å²) in [6.45, 7) is 0. The average molecular weight is 164 g/mol. The Morgan fingerprint density at radius 2 is 2.25 bits per heavy atom. The molecular formula is C8H8N2O2. The fraction of sp³-hybridized carbons (Fsp3) is 0.375. The first-order valence-corrected chi connectivity index (χ1v) is 3.85. The highest BCUT2D eigenvalue weighted by atomic mass is 16.4. The summed E-state index contributed by atoms with van der Waals surface area (Å²) < 4.78 is 0. The van der Waals surface area contributed by atoms with Gasteiger partial charge in [-0.1, -0.05) is 0 Å². The molecule has 4 heteroatoms. The van der Waals surface area contributed by atoms with E-state index in [1.807, 2.05) is 0 Å². The molecule has 0 aliphatic heterocycles. The lowest BCUT2D eigenvalue weighted by molar-refractivity contribution is 0.0689. The Hall–Kier alpha value is -1.45. The van der Waals surface area contributed by atoms with Gasteiger partial charge in [-0.25, -0.2) is 14.8 Å². The van der Waals surface area contributed by atoms with Gasteiger partial charge in [0.25, 0.3) is 0 Å². The Kier molecular flexibility index (Phi) is 1.53. The van der Waals surface area contributed by atoms with Crippen molar-refractivity contribution in [3.63, 3.8) is 0 Å². The van der Waals surface area contributed by atoms with E-state index in [2.05, 4.69) is 9.97 Å². The lowest BCUT2D eigenvalue weighted by Gasteiger charge is -1.99. The van der Waals surface area contributed by atoms with Gasteiger partial charge in [-0.2, -0.15) is 0 Å². The van der Waals surface area contributed by atoms with Crippen molar-refractivity contribution >= 4 is 5.97 Å². The van der Waals surface area contributed by atoms with Crippen molar-refractivity contribution in [1.29, 1.82) is 0 Å². The number of carboxylic acid groups (broad SMARTS) is 1. The lowest BCUT2D eigenvalue weighted by Crippen LogP contribution is -2.06. The van der Waals surface area contributed by atoms with E-state index in [0.29, 0.717) is 0 Å². The normalized spacial score (nSPS) is 14.3. The van der Waals surface area contributed by atoms with Crippen molar-refractivity contribution in [3.8, 4) is 0 Å². The second-order valence-electron chi connectivity index (χ2n) is 2.81. The zero-order valence-corrected chi connectivity index (χ0v) is 6.45. The third-order valence-electron chi connectivity index (χ3n) is 2.08. The molecule has 0 amide bonds. The van der Waals surface area contributed by atoms with Gasteiger partial charge in [-0.15, -0.1) is 0 Å². The van der Waals surface area contributed by atoms with E-state index in [4.69, 9.17) is 5.11 Å². The predicted molar refractivity (Wildman–Crippen MR) is 41.0 cm³/mol. The SMILES string of the molecule is O=C(O)c1ncnc2c1CCC2. The Bertz CT molecular complexity index is 336. The lowest BCUT2D eigenvalue weighted by atomic mass is 10.2. The topological polar surface area (TPSA) is 63.1 Å². The van der Waals surface area contributed by atoms with Gasteiger partial charge in [0.1, 0.15) is 6.33 Å². The monoisotopic (exact) mass is 164 g/mol. The number of aryl methyl sites for hydroxylation is 1. The number of nitrogens with zero attached hydrogens (tertiary/aromatic N) is 2. The van der Waals surface area contributed by atoms with Crippen LogP contribution in [0.5, 0.6) is 0 Å². The number of carboxylic acids is 1. The van der Waals surface area contributed by atoms with E-state index in [-0.39, 0.29) is 5.69 Å². The van der Waals surface area contributed by atoms with E-state index in [9.17, 15) is 4.79 Å². The van der Waals surface area contributed by atoms with Crippen LogP contribution in [0, 0.1) is 0 Å². The number of aromatic nitrogens is 2. The smallest absolute Gasteiger partial charge is 0.354 e. The second-order valence-corrected chi connectivity index (χ2v) is 2.81. The van der Waals surface area contributed by atoms with Crippen LogP contribution < -0.4 is 0 Å². The molecule has 1 heterocycles. The number of hydrogen-bond donors (Lipinski definition) is 1. The Morgan fingerprint density at radius 3 is 3.00 bits per heavy atom. The molecule has 4 nitrogen and oxygen atoms in total. The van der Waals surface area contributed by atoms with Crippen molar-refractivity contribution in [2.24, 2.45) is 0 Å². The Morgan fingerprint density at radius 1 is 1.42 bits per heavy atom. The summed E-state index contributed by atoms with van der Waals surface area (Å²) in [7, 11) is 0. The molecule has 1 aliphatic rings. The molecule has 0 aromatic carbocycles. The zero-order chi connectivity index (χ0) is 8.55. The molecule has 62 valence electrons. The van der Waals surface area contributed by atoms with Crippen molar-refractivity contribution in [1.82, 2.24) is 9.97 Å². The van der Waals surface area contributed by atoms with Crippen LogP contribution in [0.4, 0.5) is 0 Å². The second kappa shape index (κ2) is 2.55. The summed E-state index contributed by atoms with van der Waals surface area (Å²) in [5, 5.41) is 8.76. The van der Waals surface area contributed by atoms with Crippen LogP contribution in [-0.4, -0.2) is 21.0 Å². The molecule has 0 atom stereocenters. The van der Waals surface area contributed by atoms with E-state index in [0.717, 1.165) is 30.5 Å². The average Bonchev–Trinajstić information content (AvgIpc) is 2.49. The zero-order valence-electron chi connectivity index (χ0n) is 6.45. The quantitative estimate of drug-likeness (QED) is 0.662. The first-order chi connectivity index (χ1) is 5.79. The van der Waals surface area contributed by atoms with Crippen molar-refractivity contribution in [2.45, 2.75) is 19.3 Å². The molecule has 12 heavy (non-hydrogen) atoms. The maximum absolute atomic E-state index is 10.7. The minimum atomic E-state index is -0.949. The number of rotatable bonds is 1. The van der Waals surface area contributed by atoms with E-state index in [1.165, 1.54) is 6.33 Å². The highest BCUT2D eigenvalue weighted by Crippen LogP contribution is 2.21. The minimum absolute atomic E-state index is 0.178. The van der Waals surface area contributed by atoms with Crippen molar-refractivity contribution in [2.75, 3.05) is 0 Å². The molecule has 0 radical (unpaired) electrons. The van der Waals surface area contributed by atoms with Crippen LogP contribution in [0.1, 0.15) is 28.2 Å². The third-order valence-corrected chi connectivity index (χ3v) is 2.08. The van der Waals surface area contributed by atoms with Crippen LogP contribution in [0.25, 0.3) is 0 Å². The first-order valence-electron chi connectivity index (χ1n) is 3.85. The van der Waals surface area contributed by atoms with Gasteiger partial charge in [-0.05, 0) is 19.3 Å². The Labute approximate surface area is 69.3 Å². The molecule has 0 fully saturated rings. The largest absolute Gasteiger partial charge is 0.477 e. The highest BCUT2D eigenvalue weighted by Gasteiger charge is 2.20. The summed E-state index contributed by atoms with van der Waals surface area (Å²) >= 11 is 0. The number of aromatic carboxylic acids is 1. The van der Waals surface area contributed by atoms with Crippen LogP contribution in [-0.2, 0) is 12.8 Å². The van der Waals surface area contributed by atoms with Gasteiger partial charge in [-0.3, -0.25) is 0 Å². The molecule has 0 saturated carbocycles. The fourth-order valence-corrected chi connectivity index (χ4v) is 1.54. The highest BCUT2D eigenvalue weighted by molar-refractivity contribution is 5.87. The molecule has 1 aliphatic carbocycles. The van der Waals surface area contributed by atoms with Gasteiger partial charge >= 0.3 is 5.97 Å². The minimum Gasteiger partial charge on any atom is -0.477 e. The number of carbonyl (C=O) groups is 1. The standard InChI is InChI=1S/C8H8N2O2/c11-8(12)7-5-2-1-3-6(5)9-4-10-7/h4H,1-3H2,(H,11,12). The number of fused-ring (bicyclic) bond motifs is 1. The molecule has 0 spiro atoms. The van der Waals surface area contributed by atoms with Crippen LogP contribution >= 0.6 is 0 Å². The van der Waals surface area contributed by atoms with Gasteiger partial charge in [0.15, 0.2) is 5.69 Å². The fourth-order valence-electron chi connectivity index (χ4n) is 1.54. The maximum Gasteiger partial charge on any atom is 0.354 e. The summed E-state index contributed by atoms with van der Waals surface area (Å²) in [4.78, 5) is 18.4. The van der Waals surface area contributed by atoms with E-state index in [1.54, 1.807) is 0 Å². The predicted octanol–water partition coefficient (Wildman–Crippen LogP) is 0.663. The van der Waals surface area contributed by atoms with Crippen molar-refractivity contribution in [3.05, 3.63) is 23.3 Å². The Balaban J connectivity index is 2.56. The maximum atomic E-state index is 10.7. The first kappa shape index (κ1) is 7.21. The van der Waals surface area contributed by atoms with Crippen LogP contribution in [0.2, 0.25) is 0 Å². The molecule has 1 aromatic rings. The molecule has 0 saturated heterocycles. The molecule has 1 aromatic heterocycles. The van der Waals surface area contributed by atoms with Gasteiger partial charge in [0.2, 0.25) is 0 Å². The van der Waals surface area contributed by atoms with Crippen LogP contribution in [0.3, 0.4) is 0 Å². The van der Waals surface area contributed by atoms with E-state index < -0.39 is 5.97 Å². The summed E-state index contributed by atoms with van der Waals surface area (Å²) in [5.41, 5.74) is 1.91.